The highest BCUT2D eigenvalue weighted by molar-refractivity contribution is 5.85. The van der Waals surface area contributed by atoms with Crippen molar-refractivity contribution in [2.24, 2.45) is 0 Å². The van der Waals surface area contributed by atoms with Gasteiger partial charge in [-0.2, -0.15) is 0 Å². The van der Waals surface area contributed by atoms with E-state index in [2.05, 4.69) is 15.5 Å². The van der Waals surface area contributed by atoms with E-state index >= 15 is 0 Å². The van der Waals surface area contributed by atoms with Crippen molar-refractivity contribution in [2.75, 3.05) is 13.1 Å². The van der Waals surface area contributed by atoms with Gasteiger partial charge in [-0.3, -0.25) is 9.89 Å². The number of rotatable bonds is 1. The van der Waals surface area contributed by atoms with E-state index in [1.54, 1.807) is 6.07 Å². The van der Waals surface area contributed by atoms with Crippen molar-refractivity contribution in [1.82, 2.24) is 15.5 Å². The summed E-state index contributed by atoms with van der Waals surface area (Å²) in [7, 11) is 0. The van der Waals surface area contributed by atoms with E-state index in [4.69, 9.17) is 0 Å². The van der Waals surface area contributed by atoms with Gasteiger partial charge >= 0.3 is 0 Å². The number of H-pyrrole nitrogens is 2. The van der Waals surface area contributed by atoms with E-state index in [-0.39, 0.29) is 30.4 Å². The molecule has 1 fully saturated rings. The lowest BCUT2D eigenvalue weighted by Crippen LogP contribution is -2.28. The number of hydrogen-bond donors (Lipinski definition) is 3. The van der Waals surface area contributed by atoms with Gasteiger partial charge in [-0.1, -0.05) is 0 Å². The number of aromatic nitrogens is 2. The predicted molar refractivity (Wildman–Crippen MR) is 60.8 cm³/mol. The van der Waals surface area contributed by atoms with Crippen molar-refractivity contribution in [1.29, 1.82) is 0 Å². The molecule has 0 saturated carbocycles. The zero-order chi connectivity index (χ0) is 8.39. The van der Waals surface area contributed by atoms with E-state index in [9.17, 15) is 4.79 Å². The van der Waals surface area contributed by atoms with Crippen LogP contribution in [0.2, 0.25) is 0 Å². The van der Waals surface area contributed by atoms with Gasteiger partial charge in [0.05, 0.1) is 0 Å². The molecule has 1 saturated heterocycles. The van der Waals surface area contributed by atoms with Crippen LogP contribution in [0.1, 0.15) is 24.5 Å². The Morgan fingerprint density at radius 3 is 2.57 bits per heavy atom. The first-order valence-electron chi connectivity index (χ1n) is 4.34. The Morgan fingerprint density at radius 1 is 1.29 bits per heavy atom. The SMILES string of the molecule is Cl.Cl.O=c1cc(C2CCCNC2)[nH][nH]1. The fourth-order valence-corrected chi connectivity index (χ4v) is 1.68. The molecule has 14 heavy (non-hydrogen) atoms. The summed E-state index contributed by atoms with van der Waals surface area (Å²) in [5, 5.41) is 8.76. The van der Waals surface area contributed by atoms with Crippen molar-refractivity contribution in [2.45, 2.75) is 18.8 Å². The number of nitrogens with one attached hydrogen (secondary N) is 3. The second kappa shape index (κ2) is 6.11. The minimum atomic E-state index is -0.0319. The highest BCUT2D eigenvalue weighted by Gasteiger charge is 2.16. The highest BCUT2D eigenvalue weighted by atomic mass is 35.5. The van der Waals surface area contributed by atoms with Crippen LogP contribution in [0, 0.1) is 0 Å². The van der Waals surface area contributed by atoms with Gasteiger partial charge < -0.3 is 10.4 Å². The standard InChI is InChI=1S/C8H13N3O.2ClH/c12-8-4-7(10-11-8)6-2-1-3-9-5-6;;/h4,6,9H,1-3,5H2,(H2,10,11,12);2*1H. The normalized spacial score (nSPS) is 20.7. The zero-order valence-corrected chi connectivity index (χ0v) is 9.34. The molecule has 1 aromatic heterocycles. The summed E-state index contributed by atoms with van der Waals surface area (Å²) in [4.78, 5) is 10.8. The van der Waals surface area contributed by atoms with Crippen LogP contribution in [0.3, 0.4) is 0 Å². The predicted octanol–water partition coefficient (Wildman–Crippen LogP) is 1.01. The molecule has 0 radical (unpaired) electrons. The van der Waals surface area contributed by atoms with Crippen molar-refractivity contribution in [3.63, 3.8) is 0 Å². The van der Waals surface area contributed by atoms with Gasteiger partial charge in [0.1, 0.15) is 0 Å². The van der Waals surface area contributed by atoms with Gasteiger partial charge in [0, 0.05) is 24.2 Å². The number of hydrogen-bond acceptors (Lipinski definition) is 2. The lowest BCUT2D eigenvalue weighted by molar-refractivity contribution is 0.454. The van der Waals surface area contributed by atoms with Crippen molar-refractivity contribution in [3.05, 3.63) is 22.1 Å². The smallest absolute Gasteiger partial charge is 0.264 e. The van der Waals surface area contributed by atoms with E-state index in [1.165, 1.54) is 12.8 Å². The Hall–Kier alpha value is -0.450. The van der Waals surface area contributed by atoms with Gasteiger partial charge in [0.25, 0.3) is 5.56 Å². The summed E-state index contributed by atoms with van der Waals surface area (Å²) in [6.45, 7) is 2.08. The summed E-state index contributed by atoms with van der Waals surface area (Å²) < 4.78 is 0. The molecule has 2 heterocycles. The molecule has 0 aromatic carbocycles. The number of piperidine rings is 1. The van der Waals surface area contributed by atoms with Crippen LogP contribution in [0.5, 0.6) is 0 Å². The fourth-order valence-electron chi connectivity index (χ4n) is 1.68. The second-order valence-electron chi connectivity index (χ2n) is 3.26. The molecule has 1 aliphatic heterocycles. The Kier molecular flexibility index (Phi) is 5.92. The van der Waals surface area contributed by atoms with Gasteiger partial charge in [-0.05, 0) is 19.4 Å². The first kappa shape index (κ1) is 13.5. The minimum Gasteiger partial charge on any atom is -0.316 e. The van der Waals surface area contributed by atoms with Gasteiger partial charge in [0.15, 0.2) is 0 Å². The van der Waals surface area contributed by atoms with Gasteiger partial charge in [-0.25, -0.2) is 0 Å². The average Bonchev–Trinajstić information content (AvgIpc) is 2.54. The Bertz CT molecular complexity index is 304. The molecule has 0 aliphatic carbocycles. The molecule has 1 aromatic rings. The Morgan fingerprint density at radius 2 is 2.07 bits per heavy atom. The largest absolute Gasteiger partial charge is 0.316 e. The molecule has 1 aliphatic rings. The minimum absolute atomic E-state index is 0. The molecule has 4 nitrogen and oxygen atoms in total. The van der Waals surface area contributed by atoms with Crippen LogP contribution < -0.4 is 10.9 Å². The Balaban J connectivity index is 0.000000845. The van der Waals surface area contributed by atoms with Crippen LogP contribution in [-0.4, -0.2) is 23.3 Å². The maximum absolute atomic E-state index is 10.8. The molecular weight excluding hydrogens is 225 g/mol. The second-order valence-corrected chi connectivity index (χ2v) is 3.26. The monoisotopic (exact) mass is 239 g/mol. The zero-order valence-electron chi connectivity index (χ0n) is 7.71. The van der Waals surface area contributed by atoms with E-state index in [0.29, 0.717) is 5.92 Å². The molecular formula is C8H15Cl2N3O. The summed E-state index contributed by atoms with van der Waals surface area (Å²) in [5.74, 6) is 0.484. The van der Waals surface area contributed by atoms with E-state index < -0.39 is 0 Å². The van der Waals surface area contributed by atoms with Crippen molar-refractivity contribution < 1.29 is 0 Å². The first-order valence-corrected chi connectivity index (χ1v) is 4.34. The molecule has 0 bridgehead atoms. The van der Waals surface area contributed by atoms with Gasteiger partial charge in [0.2, 0.25) is 0 Å². The molecule has 0 amide bonds. The van der Waals surface area contributed by atoms with Crippen molar-refractivity contribution >= 4 is 24.8 Å². The summed E-state index contributed by atoms with van der Waals surface area (Å²) in [5.41, 5.74) is 1.00. The third-order valence-electron chi connectivity index (χ3n) is 2.35. The molecule has 6 heteroatoms. The maximum Gasteiger partial charge on any atom is 0.264 e. The number of halogens is 2. The third kappa shape index (κ3) is 3.04. The average molecular weight is 240 g/mol. The Labute approximate surface area is 94.7 Å². The lowest BCUT2D eigenvalue weighted by Gasteiger charge is -2.20. The molecule has 3 N–H and O–H groups in total. The molecule has 1 atom stereocenters. The summed E-state index contributed by atoms with van der Waals surface area (Å²) >= 11 is 0. The molecule has 0 spiro atoms. The highest BCUT2D eigenvalue weighted by Crippen LogP contribution is 2.19. The third-order valence-corrected chi connectivity index (χ3v) is 2.35. The maximum atomic E-state index is 10.8. The lowest BCUT2D eigenvalue weighted by atomic mass is 9.96. The molecule has 82 valence electrons. The van der Waals surface area contributed by atoms with Crippen LogP contribution in [0.15, 0.2) is 10.9 Å². The van der Waals surface area contributed by atoms with Crippen LogP contribution >= 0.6 is 24.8 Å². The fraction of sp³-hybridized carbons (Fsp3) is 0.625. The van der Waals surface area contributed by atoms with Crippen molar-refractivity contribution in [3.8, 4) is 0 Å². The van der Waals surface area contributed by atoms with E-state index in [1.807, 2.05) is 0 Å². The van der Waals surface area contributed by atoms with Gasteiger partial charge in [-0.15, -0.1) is 24.8 Å². The van der Waals surface area contributed by atoms with Crippen LogP contribution in [-0.2, 0) is 0 Å². The first-order chi connectivity index (χ1) is 5.86. The van der Waals surface area contributed by atoms with E-state index in [0.717, 1.165) is 18.8 Å². The molecule has 1 unspecified atom stereocenters. The van der Waals surface area contributed by atoms with Crippen LogP contribution in [0.25, 0.3) is 0 Å². The molecule has 2 rings (SSSR count). The topological polar surface area (TPSA) is 60.7 Å². The summed E-state index contributed by atoms with van der Waals surface area (Å²) in [6, 6.07) is 1.65. The quantitative estimate of drug-likeness (QED) is 0.686. The van der Waals surface area contributed by atoms with Crippen LogP contribution in [0.4, 0.5) is 0 Å². The number of aromatic amines is 2. The summed E-state index contributed by atoms with van der Waals surface area (Å²) in [6.07, 6.45) is 2.36.